The van der Waals surface area contributed by atoms with Gasteiger partial charge in [-0.3, -0.25) is 42.5 Å². The van der Waals surface area contributed by atoms with Crippen molar-refractivity contribution in [3.8, 4) is 0 Å². The van der Waals surface area contributed by atoms with Crippen LogP contribution < -0.4 is 42.5 Å². The molecule has 4 aliphatic carbocycles. The van der Waals surface area contributed by atoms with E-state index >= 15 is 0 Å². The first-order chi connectivity index (χ1) is 32.2. The first-order valence-corrected chi connectivity index (χ1v) is 27.4. The molecule has 9 aliphatic rings. The third-order valence-corrected chi connectivity index (χ3v) is 18.4. The Hall–Kier alpha value is -0.0600. The highest BCUT2D eigenvalue weighted by Gasteiger charge is 2.64. The van der Waals surface area contributed by atoms with Crippen molar-refractivity contribution in [2.75, 3.05) is 52.9 Å². The molecule has 0 radical (unpaired) electrons. The van der Waals surface area contributed by atoms with E-state index in [0.29, 0.717) is 52.9 Å². The summed E-state index contributed by atoms with van der Waals surface area (Å²) < 4.78 is 53.8. The highest BCUT2D eigenvalue weighted by Crippen LogP contribution is 2.50. The summed E-state index contributed by atoms with van der Waals surface area (Å²) in [5.41, 5.74) is 0. The number of hydrogen-bond donors (Lipinski definition) is 8. The van der Waals surface area contributed by atoms with Crippen LogP contribution in [0.2, 0.25) is 0 Å². The van der Waals surface area contributed by atoms with Crippen molar-refractivity contribution >= 4 is 23.2 Å². The lowest BCUT2D eigenvalue weighted by Crippen LogP contribution is -2.63. The van der Waals surface area contributed by atoms with Crippen LogP contribution in [0.4, 0.5) is 0 Å². The van der Waals surface area contributed by atoms with Gasteiger partial charge in [0.15, 0.2) is 0 Å². The molecule has 9 rings (SSSR count). The molecule has 8 bridgehead atoms. The van der Waals surface area contributed by atoms with E-state index in [2.05, 4.69) is 84.1 Å². The Labute approximate surface area is 405 Å². The first kappa shape index (κ1) is 50.9. The molecular formula is C48H86Cl2N8O8. The van der Waals surface area contributed by atoms with Gasteiger partial charge in [-0.05, 0) is 93.9 Å². The van der Waals surface area contributed by atoms with Gasteiger partial charge in [0.05, 0.1) is 109 Å². The molecule has 18 heteroatoms. The monoisotopic (exact) mass is 973 g/mol. The summed E-state index contributed by atoms with van der Waals surface area (Å²) in [5, 5.41) is 32.9. The van der Waals surface area contributed by atoms with E-state index in [4.69, 9.17) is 61.1 Å². The summed E-state index contributed by atoms with van der Waals surface area (Å²) in [6.45, 7) is 21.8. The molecule has 0 aromatic rings. The van der Waals surface area contributed by atoms with Crippen molar-refractivity contribution in [3.63, 3.8) is 0 Å². The minimum Gasteiger partial charge on any atom is -0.378 e. The molecule has 26 atom stereocenters. The second-order valence-electron chi connectivity index (χ2n) is 20.2. The van der Waals surface area contributed by atoms with E-state index in [9.17, 15) is 0 Å². The van der Waals surface area contributed by atoms with E-state index in [0.717, 1.165) is 38.5 Å². The standard InChI is InChI=1S/C48H86Cl2N8O8/c1-9-59-23-17-18-24(60-10-2)30-29(23)41-51-42(30)53-44-32-26(62-12-4)20-22-28(64-14-6)34(32)46(55-44)57-48-36-35(39(65-15-7)37(49)38(50)40(36)66-16-8)47(58-48)56-45-33-27(63-13-5)21-19-25(61-11-3)31(33)43(52-41)54-45/h23-48,51-58H,9-22H2,1-8H3. The zero-order valence-corrected chi connectivity index (χ0v) is 42.4. The average Bonchev–Trinajstić information content (AvgIpc) is 4.06. The molecule has 5 heterocycles. The normalized spacial score (nSPS) is 51.0. The van der Waals surface area contributed by atoms with Gasteiger partial charge in [0.25, 0.3) is 0 Å². The predicted octanol–water partition coefficient (Wildman–Crippen LogP) is 3.16. The average molecular weight is 974 g/mol. The fraction of sp³-hybridized carbons (Fsp3) is 1.00. The van der Waals surface area contributed by atoms with Crippen LogP contribution in [0.25, 0.3) is 0 Å². The minimum absolute atomic E-state index is 0.0313. The van der Waals surface area contributed by atoms with Crippen LogP contribution in [0.1, 0.15) is 93.9 Å². The number of ether oxygens (including phenoxy) is 8. The first-order valence-electron chi connectivity index (χ1n) is 26.5. The van der Waals surface area contributed by atoms with Gasteiger partial charge in [0.2, 0.25) is 0 Å². The molecule has 0 aromatic heterocycles. The molecule has 0 amide bonds. The Kier molecular flexibility index (Phi) is 17.6. The summed E-state index contributed by atoms with van der Waals surface area (Å²) in [4.78, 5) is 0. The lowest BCUT2D eigenvalue weighted by Gasteiger charge is -2.48. The Balaban J connectivity index is 1.18. The second kappa shape index (κ2) is 22.8. The molecule has 16 nitrogen and oxygen atoms in total. The SMILES string of the molecule is CCOC1CCC(OCC)C2C3NC(NC4NC(NC5NC(NC6NC(N3)C3C(OCC)CCC(OCC)C63)C3C(OCC)C(Cl)C(Cl)C(OCC)C53)C3C(OCC)CCC(OCC)C43)C12. The zero-order chi connectivity index (χ0) is 46.2. The van der Waals surface area contributed by atoms with Crippen LogP contribution in [0, 0.1) is 47.3 Å². The van der Waals surface area contributed by atoms with E-state index in [1.165, 1.54) is 0 Å². The van der Waals surface area contributed by atoms with Gasteiger partial charge in [-0.1, -0.05) is 0 Å². The van der Waals surface area contributed by atoms with Gasteiger partial charge in [0.1, 0.15) is 0 Å². The van der Waals surface area contributed by atoms with Crippen LogP contribution in [0.3, 0.4) is 0 Å². The quantitative estimate of drug-likeness (QED) is 0.106. The Bertz CT molecular complexity index is 1430. The summed E-state index contributed by atoms with van der Waals surface area (Å²) in [6, 6.07) is 0. The van der Waals surface area contributed by atoms with E-state index in [1.54, 1.807) is 0 Å². The van der Waals surface area contributed by atoms with Crippen LogP contribution in [0.15, 0.2) is 0 Å². The molecule has 66 heavy (non-hydrogen) atoms. The van der Waals surface area contributed by atoms with Gasteiger partial charge in [-0.2, -0.15) is 0 Å². The van der Waals surface area contributed by atoms with Crippen LogP contribution in [-0.4, -0.2) is 162 Å². The smallest absolute Gasteiger partial charge is 0.0814 e. The molecule has 8 N–H and O–H groups in total. The van der Waals surface area contributed by atoms with Crippen molar-refractivity contribution in [1.29, 1.82) is 0 Å². The van der Waals surface area contributed by atoms with Crippen LogP contribution in [-0.2, 0) is 37.9 Å². The minimum atomic E-state index is -0.464. The third kappa shape index (κ3) is 9.54. The Morgan fingerprint density at radius 3 is 0.606 bits per heavy atom. The van der Waals surface area contributed by atoms with Crippen molar-refractivity contribution < 1.29 is 37.9 Å². The summed E-state index contributed by atoms with van der Waals surface area (Å²) in [7, 11) is 0. The summed E-state index contributed by atoms with van der Waals surface area (Å²) in [5.74, 6) is 0.512. The van der Waals surface area contributed by atoms with E-state index in [-0.39, 0.29) is 146 Å². The maximum Gasteiger partial charge on any atom is 0.0814 e. The highest BCUT2D eigenvalue weighted by molar-refractivity contribution is 6.30. The zero-order valence-electron chi connectivity index (χ0n) is 40.9. The van der Waals surface area contributed by atoms with Crippen LogP contribution in [0.5, 0.6) is 0 Å². The second-order valence-corrected chi connectivity index (χ2v) is 21.2. The molecule has 26 unspecified atom stereocenters. The lowest BCUT2D eigenvalue weighted by atomic mass is 9.72. The fourth-order valence-electron chi connectivity index (χ4n) is 15.2. The molecule has 0 aromatic carbocycles. The van der Waals surface area contributed by atoms with Gasteiger partial charge >= 0.3 is 0 Å². The van der Waals surface area contributed by atoms with Crippen molar-refractivity contribution in [2.24, 2.45) is 47.3 Å². The van der Waals surface area contributed by atoms with Gasteiger partial charge in [-0.25, -0.2) is 0 Å². The number of halogens is 2. The highest BCUT2D eigenvalue weighted by atomic mass is 35.5. The molecule has 4 saturated carbocycles. The van der Waals surface area contributed by atoms with E-state index in [1.807, 2.05) is 13.8 Å². The largest absolute Gasteiger partial charge is 0.378 e. The van der Waals surface area contributed by atoms with Crippen LogP contribution >= 0.6 is 23.2 Å². The lowest BCUT2D eigenvalue weighted by molar-refractivity contribution is -0.110. The molecule has 380 valence electrons. The van der Waals surface area contributed by atoms with Crippen molar-refractivity contribution in [1.82, 2.24) is 42.5 Å². The molecule has 9 fully saturated rings. The van der Waals surface area contributed by atoms with Gasteiger partial charge in [0, 0.05) is 100 Å². The fourth-order valence-corrected chi connectivity index (χ4v) is 16.0. The maximum absolute atomic E-state index is 7.44. The predicted molar refractivity (Wildman–Crippen MR) is 254 cm³/mol. The van der Waals surface area contributed by atoms with Gasteiger partial charge in [-0.15, -0.1) is 23.2 Å². The Morgan fingerprint density at radius 2 is 0.439 bits per heavy atom. The molecule has 5 saturated heterocycles. The van der Waals surface area contributed by atoms with Crippen molar-refractivity contribution in [2.45, 2.75) is 203 Å². The number of hydrogen-bond acceptors (Lipinski definition) is 16. The molecule has 5 aliphatic heterocycles. The van der Waals surface area contributed by atoms with E-state index < -0.39 is 10.8 Å². The third-order valence-electron chi connectivity index (χ3n) is 17.2. The number of nitrogens with one attached hydrogen (secondary N) is 8. The summed E-state index contributed by atoms with van der Waals surface area (Å²) >= 11 is 14.9. The number of alkyl halides is 2. The molecular weight excluding hydrogens is 887 g/mol. The Morgan fingerprint density at radius 1 is 0.273 bits per heavy atom. The maximum atomic E-state index is 7.44. The summed E-state index contributed by atoms with van der Waals surface area (Å²) in [6.07, 6.45) is 4.07. The number of rotatable bonds is 16. The molecule has 0 spiro atoms. The topological polar surface area (TPSA) is 170 Å². The van der Waals surface area contributed by atoms with Gasteiger partial charge < -0.3 is 37.9 Å². The number of fused-ring (bicyclic) bond motifs is 20. The van der Waals surface area contributed by atoms with Crippen molar-refractivity contribution in [3.05, 3.63) is 0 Å².